The summed E-state index contributed by atoms with van der Waals surface area (Å²) in [7, 11) is 0. The fourth-order valence-corrected chi connectivity index (χ4v) is 5.81. The van der Waals surface area contributed by atoms with Gasteiger partial charge in [0, 0.05) is 42.6 Å². The zero-order valence-corrected chi connectivity index (χ0v) is 24.7. The Morgan fingerprint density at radius 3 is 2.56 bits per heavy atom. The molecule has 4 heterocycles. The van der Waals surface area contributed by atoms with Gasteiger partial charge in [-0.15, -0.1) is 0 Å². The average Bonchev–Trinajstić information content (AvgIpc) is 2.94. The van der Waals surface area contributed by atoms with Gasteiger partial charge in [-0.2, -0.15) is 4.98 Å². The second-order valence-corrected chi connectivity index (χ2v) is 11.3. The standard InChI is InChI=1S/C31H34ClN7O2/c1-7-25(40)37-15-20(6)38(16-19(37)5)29-22-14-23(32)27(21-10-8-9-11-24(21)33)35-30(22)39(31(41)36-29)28-18(4)12-13-34-26(28)17(2)3/h7-14,17,19-20H,1,15-16,33H2,2-6H3/t19-,20+/m1/s1. The zero-order valence-electron chi connectivity index (χ0n) is 23.9. The van der Waals surface area contributed by atoms with Crippen molar-refractivity contribution in [3.8, 4) is 16.9 Å². The fourth-order valence-electron chi connectivity index (χ4n) is 5.56. The number of aryl methyl sites for hydroxylation is 1. The first-order valence-corrected chi connectivity index (χ1v) is 14.0. The molecule has 1 fully saturated rings. The molecule has 10 heteroatoms. The number of benzene rings is 1. The smallest absolute Gasteiger partial charge is 0.355 e. The fraction of sp³-hybridized carbons (Fsp3) is 0.323. The molecule has 1 aromatic carbocycles. The van der Waals surface area contributed by atoms with Crippen LogP contribution in [0.1, 0.15) is 44.9 Å². The van der Waals surface area contributed by atoms with Gasteiger partial charge in [0.2, 0.25) is 5.91 Å². The molecule has 0 bridgehead atoms. The summed E-state index contributed by atoms with van der Waals surface area (Å²) in [5, 5.41) is 1.00. The van der Waals surface area contributed by atoms with Crippen LogP contribution in [0.25, 0.3) is 28.0 Å². The van der Waals surface area contributed by atoms with E-state index in [1.807, 2.05) is 65.0 Å². The molecule has 212 valence electrons. The second kappa shape index (κ2) is 11.0. The molecule has 0 radical (unpaired) electrons. The lowest BCUT2D eigenvalue weighted by atomic mass is 10.0. The Kier molecular flexibility index (Phi) is 7.57. The van der Waals surface area contributed by atoms with Crippen LogP contribution in [0.5, 0.6) is 0 Å². The third kappa shape index (κ3) is 4.95. The van der Waals surface area contributed by atoms with E-state index in [2.05, 4.69) is 21.4 Å². The van der Waals surface area contributed by atoms with Gasteiger partial charge >= 0.3 is 5.69 Å². The molecule has 0 saturated carbocycles. The molecule has 0 spiro atoms. The predicted molar refractivity (Wildman–Crippen MR) is 165 cm³/mol. The molecular weight excluding hydrogens is 538 g/mol. The molecular formula is C31H34ClN7O2. The molecule has 1 aliphatic heterocycles. The minimum Gasteiger partial charge on any atom is -0.398 e. The van der Waals surface area contributed by atoms with Crippen LogP contribution in [-0.2, 0) is 4.79 Å². The van der Waals surface area contributed by atoms with E-state index in [0.29, 0.717) is 57.6 Å². The quantitative estimate of drug-likeness (QED) is 0.261. The lowest BCUT2D eigenvalue weighted by Crippen LogP contribution is -2.58. The normalized spacial score (nSPS) is 17.3. The largest absolute Gasteiger partial charge is 0.398 e. The molecule has 1 amide bonds. The van der Waals surface area contributed by atoms with E-state index in [1.54, 1.807) is 21.7 Å². The van der Waals surface area contributed by atoms with Gasteiger partial charge in [-0.25, -0.2) is 14.3 Å². The Bertz CT molecular complexity index is 1730. The van der Waals surface area contributed by atoms with Crippen molar-refractivity contribution in [2.24, 2.45) is 0 Å². The van der Waals surface area contributed by atoms with Crippen LogP contribution in [0.2, 0.25) is 5.02 Å². The Morgan fingerprint density at radius 2 is 1.88 bits per heavy atom. The number of nitrogens with two attached hydrogens (primary N) is 1. The summed E-state index contributed by atoms with van der Waals surface area (Å²) in [6.45, 7) is 14.6. The number of fused-ring (bicyclic) bond motifs is 1. The van der Waals surface area contributed by atoms with Crippen molar-refractivity contribution in [2.75, 3.05) is 23.7 Å². The van der Waals surface area contributed by atoms with Gasteiger partial charge in [0.15, 0.2) is 5.65 Å². The van der Waals surface area contributed by atoms with E-state index < -0.39 is 5.69 Å². The van der Waals surface area contributed by atoms with Gasteiger partial charge in [0.25, 0.3) is 0 Å². The first kappa shape index (κ1) is 28.3. The van der Waals surface area contributed by atoms with Crippen LogP contribution >= 0.6 is 11.6 Å². The van der Waals surface area contributed by atoms with Gasteiger partial charge in [-0.3, -0.25) is 9.78 Å². The number of anilines is 2. The average molecular weight is 572 g/mol. The highest BCUT2D eigenvalue weighted by atomic mass is 35.5. The van der Waals surface area contributed by atoms with Gasteiger partial charge < -0.3 is 15.5 Å². The number of hydrogen-bond donors (Lipinski definition) is 1. The summed E-state index contributed by atoms with van der Waals surface area (Å²) in [4.78, 5) is 44.6. The summed E-state index contributed by atoms with van der Waals surface area (Å²) in [5.41, 5.74) is 10.2. The number of nitrogens with zero attached hydrogens (tertiary/aromatic N) is 6. The molecule has 2 atom stereocenters. The number of amides is 1. The van der Waals surface area contributed by atoms with E-state index in [1.165, 1.54) is 6.08 Å². The van der Waals surface area contributed by atoms with Gasteiger partial charge in [-0.05, 0) is 56.5 Å². The monoisotopic (exact) mass is 571 g/mol. The van der Waals surface area contributed by atoms with Crippen molar-refractivity contribution in [3.63, 3.8) is 0 Å². The third-order valence-corrected chi connectivity index (χ3v) is 7.95. The van der Waals surface area contributed by atoms with E-state index in [9.17, 15) is 9.59 Å². The molecule has 0 aliphatic carbocycles. The van der Waals surface area contributed by atoms with E-state index in [0.717, 1.165) is 11.3 Å². The molecule has 1 aliphatic rings. The number of pyridine rings is 2. The topological polar surface area (TPSA) is 110 Å². The van der Waals surface area contributed by atoms with Crippen molar-refractivity contribution in [3.05, 3.63) is 82.0 Å². The highest BCUT2D eigenvalue weighted by Gasteiger charge is 2.34. The first-order chi connectivity index (χ1) is 19.5. The Balaban J connectivity index is 1.83. The van der Waals surface area contributed by atoms with E-state index >= 15 is 0 Å². The third-order valence-electron chi connectivity index (χ3n) is 7.66. The number of nitrogen functional groups attached to an aromatic ring is 1. The van der Waals surface area contributed by atoms with Crippen LogP contribution in [-0.4, -0.2) is 55.5 Å². The van der Waals surface area contributed by atoms with Crippen LogP contribution in [0.4, 0.5) is 11.5 Å². The predicted octanol–water partition coefficient (Wildman–Crippen LogP) is 5.12. The van der Waals surface area contributed by atoms with Gasteiger partial charge in [0.05, 0.1) is 27.5 Å². The molecule has 9 nitrogen and oxygen atoms in total. The maximum Gasteiger partial charge on any atom is 0.355 e. The summed E-state index contributed by atoms with van der Waals surface area (Å²) >= 11 is 6.89. The molecule has 3 aromatic heterocycles. The first-order valence-electron chi connectivity index (χ1n) is 13.7. The Labute approximate surface area is 244 Å². The zero-order chi connectivity index (χ0) is 29.6. The number of para-hydroxylation sites is 1. The molecule has 1 saturated heterocycles. The van der Waals surface area contributed by atoms with Crippen molar-refractivity contribution in [1.82, 2.24) is 24.4 Å². The molecule has 0 unspecified atom stereocenters. The minimum atomic E-state index is -0.475. The van der Waals surface area contributed by atoms with Crippen molar-refractivity contribution in [2.45, 2.75) is 52.6 Å². The maximum absolute atomic E-state index is 14.1. The van der Waals surface area contributed by atoms with Crippen molar-refractivity contribution in [1.29, 1.82) is 0 Å². The summed E-state index contributed by atoms with van der Waals surface area (Å²) in [5.74, 6) is 0.389. The maximum atomic E-state index is 14.1. The lowest BCUT2D eigenvalue weighted by molar-refractivity contribution is -0.128. The SMILES string of the molecule is C=CC(=O)N1C[C@H](C)N(c2nc(=O)n(-c3c(C)ccnc3C(C)C)c3nc(-c4ccccc4N)c(Cl)cc23)C[C@H]1C. The summed E-state index contributed by atoms with van der Waals surface area (Å²) in [6.07, 6.45) is 3.08. The minimum absolute atomic E-state index is 0.0411. The lowest BCUT2D eigenvalue weighted by Gasteiger charge is -2.44. The number of carbonyl (C=O) groups excluding carboxylic acids is 1. The molecule has 5 rings (SSSR count). The van der Waals surface area contributed by atoms with Crippen LogP contribution in [0.15, 0.2) is 60.0 Å². The van der Waals surface area contributed by atoms with E-state index in [-0.39, 0.29) is 23.9 Å². The Hall–Kier alpha value is -4.24. The summed E-state index contributed by atoms with van der Waals surface area (Å²) in [6, 6.07) is 10.8. The van der Waals surface area contributed by atoms with E-state index in [4.69, 9.17) is 22.3 Å². The number of carbonyl (C=O) groups is 1. The number of hydrogen-bond acceptors (Lipinski definition) is 7. The highest BCUT2D eigenvalue weighted by molar-refractivity contribution is 6.34. The highest BCUT2D eigenvalue weighted by Crippen LogP contribution is 2.37. The molecule has 2 N–H and O–H groups in total. The molecule has 4 aromatic rings. The number of piperazine rings is 1. The van der Waals surface area contributed by atoms with Gasteiger partial charge in [-0.1, -0.05) is 50.2 Å². The van der Waals surface area contributed by atoms with Crippen LogP contribution in [0, 0.1) is 6.92 Å². The number of rotatable bonds is 5. The molecule has 41 heavy (non-hydrogen) atoms. The van der Waals surface area contributed by atoms with Crippen molar-refractivity contribution < 1.29 is 4.79 Å². The number of halogens is 1. The van der Waals surface area contributed by atoms with Crippen molar-refractivity contribution >= 4 is 40.0 Å². The Morgan fingerprint density at radius 1 is 1.15 bits per heavy atom. The van der Waals surface area contributed by atoms with Gasteiger partial charge in [0.1, 0.15) is 5.82 Å². The summed E-state index contributed by atoms with van der Waals surface area (Å²) < 4.78 is 1.54. The van der Waals surface area contributed by atoms with Crippen LogP contribution < -0.4 is 16.3 Å². The van der Waals surface area contributed by atoms with Crippen LogP contribution in [0.3, 0.4) is 0 Å². The number of aromatic nitrogens is 4. The second-order valence-electron chi connectivity index (χ2n) is 10.9.